The van der Waals surface area contributed by atoms with E-state index in [0.717, 1.165) is 13.1 Å². The maximum Gasteiger partial charge on any atom is 0.241 e. The van der Waals surface area contributed by atoms with Gasteiger partial charge in [-0.1, -0.05) is 24.4 Å². The van der Waals surface area contributed by atoms with Gasteiger partial charge in [-0.15, -0.1) is 0 Å². The first-order chi connectivity index (χ1) is 9.58. The molecule has 0 bridgehead atoms. The largest absolute Gasteiger partial charge is 0.397 e. The quantitative estimate of drug-likeness (QED) is 0.842. The lowest BCUT2D eigenvalue weighted by molar-refractivity contribution is -0.120. The van der Waals surface area contributed by atoms with E-state index in [1.54, 1.807) is 18.2 Å². The summed E-state index contributed by atoms with van der Waals surface area (Å²) in [6.07, 6.45) is 4.85. The maximum absolute atomic E-state index is 12.3. The zero-order valence-corrected chi connectivity index (χ0v) is 12.6. The average molecular weight is 296 g/mol. The van der Waals surface area contributed by atoms with Crippen molar-refractivity contribution in [1.29, 1.82) is 0 Å². The van der Waals surface area contributed by atoms with E-state index >= 15 is 0 Å². The van der Waals surface area contributed by atoms with Gasteiger partial charge < -0.3 is 11.1 Å². The summed E-state index contributed by atoms with van der Waals surface area (Å²) < 4.78 is 0. The number of nitrogens with two attached hydrogens (primary N) is 1. The van der Waals surface area contributed by atoms with Crippen molar-refractivity contribution in [3.05, 3.63) is 23.2 Å². The molecule has 1 aromatic carbocycles. The van der Waals surface area contributed by atoms with E-state index < -0.39 is 0 Å². The van der Waals surface area contributed by atoms with Gasteiger partial charge in [-0.3, -0.25) is 9.69 Å². The molecule has 0 radical (unpaired) electrons. The third-order valence-corrected chi connectivity index (χ3v) is 4.07. The Kier molecular flexibility index (Phi) is 5.26. The number of carbonyl (C=O) groups excluding carboxylic acids is 1. The molecule has 0 aromatic heterocycles. The molecule has 2 rings (SSSR count). The predicted octanol–water partition coefficient (Wildman–Crippen LogP) is 3.13. The zero-order chi connectivity index (χ0) is 14.5. The third-order valence-electron chi connectivity index (χ3n) is 3.84. The lowest BCUT2D eigenvalue weighted by Gasteiger charge is -2.26. The molecule has 5 heteroatoms. The molecule has 1 aliphatic heterocycles. The van der Waals surface area contributed by atoms with Gasteiger partial charge in [0.05, 0.1) is 17.4 Å². The van der Waals surface area contributed by atoms with Crippen LogP contribution in [0.15, 0.2) is 18.2 Å². The number of anilines is 2. The minimum atomic E-state index is -0.136. The summed E-state index contributed by atoms with van der Waals surface area (Å²) in [5, 5.41) is 3.46. The van der Waals surface area contributed by atoms with Gasteiger partial charge >= 0.3 is 0 Å². The Hall–Kier alpha value is -1.26. The number of nitrogens with zero attached hydrogens (tertiary/aromatic N) is 1. The summed E-state index contributed by atoms with van der Waals surface area (Å²) in [6, 6.07) is 4.98. The molecule has 110 valence electrons. The molecular weight excluding hydrogens is 274 g/mol. The number of hydrogen-bond donors (Lipinski definition) is 2. The van der Waals surface area contributed by atoms with Crippen molar-refractivity contribution < 1.29 is 4.79 Å². The highest BCUT2D eigenvalue weighted by Crippen LogP contribution is 2.23. The van der Waals surface area contributed by atoms with Gasteiger partial charge in [0.15, 0.2) is 0 Å². The van der Waals surface area contributed by atoms with E-state index in [9.17, 15) is 4.79 Å². The minimum Gasteiger partial charge on any atom is -0.397 e. The Morgan fingerprint density at radius 3 is 2.55 bits per heavy atom. The van der Waals surface area contributed by atoms with Crippen LogP contribution in [0.1, 0.15) is 32.6 Å². The van der Waals surface area contributed by atoms with E-state index in [1.807, 2.05) is 6.92 Å². The van der Waals surface area contributed by atoms with Crippen LogP contribution in [0.4, 0.5) is 11.4 Å². The summed E-state index contributed by atoms with van der Waals surface area (Å²) in [4.78, 5) is 14.6. The van der Waals surface area contributed by atoms with Crippen LogP contribution in [0.5, 0.6) is 0 Å². The van der Waals surface area contributed by atoms with Gasteiger partial charge in [0, 0.05) is 5.02 Å². The van der Waals surface area contributed by atoms with Crippen molar-refractivity contribution in [3.8, 4) is 0 Å². The fourth-order valence-electron chi connectivity index (χ4n) is 2.53. The van der Waals surface area contributed by atoms with E-state index in [2.05, 4.69) is 10.2 Å². The highest BCUT2D eigenvalue weighted by molar-refractivity contribution is 6.31. The molecule has 1 amide bonds. The molecule has 3 N–H and O–H groups in total. The molecule has 4 nitrogen and oxygen atoms in total. The number of benzene rings is 1. The van der Waals surface area contributed by atoms with Gasteiger partial charge in [0.2, 0.25) is 5.91 Å². The molecule has 1 aliphatic rings. The molecule has 1 unspecified atom stereocenters. The fourth-order valence-corrected chi connectivity index (χ4v) is 2.71. The van der Waals surface area contributed by atoms with E-state index in [1.165, 1.54) is 25.7 Å². The number of halogens is 1. The second kappa shape index (κ2) is 6.95. The minimum absolute atomic E-state index is 0.0130. The van der Waals surface area contributed by atoms with Crippen molar-refractivity contribution in [1.82, 2.24) is 4.90 Å². The monoisotopic (exact) mass is 295 g/mol. The molecule has 1 fully saturated rings. The normalized spacial score (nSPS) is 18.3. The average Bonchev–Trinajstić information content (AvgIpc) is 2.70. The molecule has 1 atom stereocenters. The van der Waals surface area contributed by atoms with Crippen LogP contribution in [0.25, 0.3) is 0 Å². The summed E-state index contributed by atoms with van der Waals surface area (Å²) in [6.45, 7) is 3.93. The van der Waals surface area contributed by atoms with Crippen LogP contribution in [0.3, 0.4) is 0 Å². The van der Waals surface area contributed by atoms with Crippen LogP contribution in [0, 0.1) is 0 Å². The first-order valence-electron chi connectivity index (χ1n) is 7.18. The molecule has 0 aliphatic carbocycles. The zero-order valence-electron chi connectivity index (χ0n) is 11.9. The maximum atomic E-state index is 12.3. The lowest BCUT2D eigenvalue weighted by Crippen LogP contribution is -2.42. The number of nitrogens with one attached hydrogen (secondary N) is 1. The highest BCUT2D eigenvalue weighted by atomic mass is 35.5. The molecule has 0 saturated carbocycles. The van der Waals surface area contributed by atoms with Gasteiger partial charge in [0.25, 0.3) is 0 Å². The van der Waals surface area contributed by atoms with Crippen LogP contribution in [0.2, 0.25) is 5.02 Å². The van der Waals surface area contributed by atoms with E-state index in [-0.39, 0.29) is 11.9 Å². The number of nitrogen functional groups attached to an aromatic ring is 1. The van der Waals surface area contributed by atoms with Crippen molar-refractivity contribution in [3.63, 3.8) is 0 Å². The Balaban J connectivity index is 1.99. The standard InChI is InChI=1S/C15H22ClN3O/c1-11(19-8-4-2-3-5-9-19)15(20)18-14-7-6-12(16)10-13(14)17/h6-7,10-11H,2-5,8-9,17H2,1H3,(H,18,20). The molecule has 0 spiro atoms. The van der Waals surface area contributed by atoms with Crippen molar-refractivity contribution in [2.45, 2.75) is 38.6 Å². The number of carbonyl (C=O) groups is 1. The Morgan fingerprint density at radius 1 is 1.30 bits per heavy atom. The smallest absolute Gasteiger partial charge is 0.241 e. The van der Waals surface area contributed by atoms with Gasteiger partial charge in [-0.2, -0.15) is 0 Å². The first kappa shape index (κ1) is 15.1. The summed E-state index contributed by atoms with van der Waals surface area (Å²) in [7, 11) is 0. The van der Waals surface area contributed by atoms with Crippen molar-refractivity contribution in [2.24, 2.45) is 0 Å². The summed E-state index contributed by atoms with van der Waals surface area (Å²) in [5.74, 6) is -0.0130. The Bertz CT molecular complexity index is 470. The second-order valence-electron chi connectivity index (χ2n) is 5.35. The van der Waals surface area contributed by atoms with Crippen LogP contribution in [-0.2, 0) is 4.79 Å². The molecular formula is C15H22ClN3O. The second-order valence-corrected chi connectivity index (χ2v) is 5.78. The SMILES string of the molecule is CC(C(=O)Nc1ccc(Cl)cc1N)N1CCCCCC1. The van der Waals surface area contributed by atoms with Gasteiger partial charge in [-0.25, -0.2) is 0 Å². The van der Waals surface area contributed by atoms with Crippen LogP contribution in [-0.4, -0.2) is 29.9 Å². The van der Waals surface area contributed by atoms with Crippen molar-refractivity contribution in [2.75, 3.05) is 24.1 Å². The number of amides is 1. The Morgan fingerprint density at radius 2 is 1.95 bits per heavy atom. The predicted molar refractivity (Wildman–Crippen MR) is 84.0 cm³/mol. The van der Waals surface area contributed by atoms with Gasteiger partial charge in [-0.05, 0) is 51.1 Å². The first-order valence-corrected chi connectivity index (χ1v) is 7.55. The number of rotatable bonds is 3. The van der Waals surface area contributed by atoms with E-state index in [0.29, 0.717) is 16.4 Å². The van der Waals surface area contributed by atoms with Crippen LogP contribution < -0.4 is 11.1 Å². The molecule has 20 heavy (non-hydrogen) atoms. The third kappa shape index (κ3) is 3.87. The molecule has 1 saturated heterocycles. The molecule has 1 aromatic rings. The highest BCUT2D eigenvalue weighted by Gasteiger charge is 2.22. The topological polar surface area (TPSA) is 58.4 Å². The number of hydrogen-bond acceptors (Lipinski definition) is 3. The fraction of sp³-hybridized carbons (Fsp3) is 0.533. The van der Waals surface area contributed by atoms with Crippen LogP contribution >= 0.6 is 11.6 Å². The van der Waals surface area contributed by atoms with E-state index in [4.69, 9.17) is 17.3 Å². The number of likely N-dealkylation sites (tertiary alicyclic amines) is 1. The summed E-state index contributed by atoms with van der Waals surface area (Å²) >= 11 is 5.85. The summed E-state index contributed by atoms with van der Waals surface area (Å²) in [5.41, 5.74) is 6.98. The lowest BCUT2D eigenvalue weighted by atomic mass is 10.2. The van der Waals surface area contributed by atoms with Gasteiger partial charge in [0.1, 0.15) is 0 Å². The Labute approximate surface area is 125 Å². The van der Waals surface area contributed by atoms with Crippen molar-refractivity contribution >= 4 is 28.9 Å². The molecule has 1 heterocycles.